The second-order valence-corrected chi connectivity index (χ2v) is 9.59. The summed E-state index contributed by atoms with van der Waals surface area (Å²) in [5.74, 6) is -1.50. The number of nitrogens with zero attached hydrogens (tertiary/aromatic N) is 4. The van der Waals surface area contributed by atoms with E-state index in [4.69, 9.17) is 11.0 Å². The Balaban J connectivity index is 1.63. The number of hydrogen-bond acceptors (Lipinski definition) is 6. The van der Waals surface area contributed by atoms with Crippen molar-refractivity contribution in [3.63, 3.8) is 0 Å². The summed E-state index contributed by atoms with van der Waals surface area (Å²) in [6.07, 6.45) is 3.10. The molecule has 38 heavy (non-hydrogen) atoms. The number of nitrogens with two attached hydrogens (primary N) is 1. The van der Waals surface area contributed by atoms with Gasteiger partial charge in [0, 0.05) is 25.3 Å². The topological polar surface area (TPSA) is 137 Å². The largest absolute Gasteiger partial charge is 0.508 e. The predicted octanol–water partition coefficient (Wildman–Crippen LogP) is 3.20. The number of rotatable bonds is 5. The molecule has 10 heteroatoms. The fourth-order valence-corrected chi connectivity index (χ4v) is 5.17. The first kappa shape index (κ1) is 24.9. The molecule has 192 valence electrons. The van der Waals surface area contributed by atoms with E-state index in [9.17, 15) is 19.1 Å². The van der Waals surface area contributed by atoms with Gasteiger partial charge in [0.2, 0.25) is 11.6 Å². The number of benzene rings is 3. The second kappa shape index (κ2) is 8.97. The lowest BCUT2D eigenvalue weighted by molar-refractivity contribution is -0.133. The molecule has 1 aliphatic rings. The Kier molecular flexibility index (Phi) is 5.88. The van der Waals surface area contributed by atoms with Crippen molar-refractivity contribution in [2.75, 3.05) is 11.4 Å². The summed E-state index contributed by atoms with van der Waals surface area (Å²) in [6.45, 7) is 3.23. The molecule has 1 fully saturated rings. The van der Waals surface area contributed by atoms with Crippen LogP contribution in [0, 0.1) is 17.1 Å². The summed E-state index contributed by atoms with van der Waals surface area (Å²) < 4.78 is 16.0. The molecule has 0 aliphatic carbocycles. The molecule has 2 amide bonds. The lowest BCUT2D eigenvalue weighted by atomic mass is 9.88. The number of imidazole rings is 1. The minimum atomic E-state index is -1.55. The number of aromatic hydroxyl groups is 1. The van der Waals surface area contributed by atoms with Gasteiger partial charge in [-0.25, -0.2) is 9.37 Å². The van der Waals surface area contributed by atoms with Gasteiger partial charge in [-0.05, 0) is 48.2 Å². The quantitative estimate of drug-likeness (QED) is 0.376. The normalized spacial score (nSPS) is 18.8. The van der Waals surface area contributed by atoms with Crippen molar-refractivity contribution < 1.29 is 19.1 Å². The van der Waals surface area contributed by atoms with E-state index in [0.717, 1.165) is 5.39 Å². The van der Waals surface area contributed by atoms with Gasteiger partial charge in [-0.15, -0.1) is 0 Å². The maximum absolute atomic E-state index is 14.5. The third kappa shape index (κ3) is 3.84. The summed E-state index contributed by atoms with van der Waals surface area (Å²) in [4.78, 5) is 32.4. The van der Waals surface area contributed by atoms with Gasteiger partial charge < -0.3 is 25.6 Å². The molecule has 5 rings (SSSR count). The predicted molar refractivity (Wildman–Crippen MR) is 138 cm³/mol. The van der Waals surface area contributed by atoms with Gasteiger partial charge in [0.1, 0.15) is 17.6 Å². The van der Waals surface area contributed by atoms with Crippen LogP contribution in [0.2, 0.25) is 0 Å². The number of carbonyl (C=O) groups excluding carboxylic acids is 2. The van der Waals surface area contributed by atoms with Crippen molar-refractivity contribution >= 4 is 28.3 Å². The minimum Gasteiger partial charge on any atom is -0.508 e. The molecule has 1 aromatic heterocycles. The van der Waals surface area contributed by atoms with Crippen LogP contribution in [0.1, 0.15) is 37.1 Å². The molecule has 9 nitrogen and oxygen atoms in total. The molecular weight excluding hydrogens is 487 g/mol. The van der Waals surface area contributed by atoms with Crippen LogP contribution >= 0.6 is 0 Å². The Morgan fingerprint density at radius 1 is 1.26 bits per heavy atom. The van der Waals surface area contributed by atoms with Crippen molar-refractivity contribution in [3.05, 3.63) is 89.8 Å². The van der Waals surface area contributed by atoms with Gasteiger partial charge in [0.25, 0.3) is 5.91 Å². The molecule has 1 aliphatic heterocycles. The molecule has 1 saturated heterocycles. The Bertz CT molecular complexity index is 1640. The number of phenols is 1. The number of halogens is 1. The first-order valence-corrected chi connectivity index (χ1v) is 11.9. The zero-order valence-electron chi connectivity index (χ0n) is 20.8. The van der Waals surface area contributed by atoms with E-state index >= 15 is 0 Å². The van der Waals surface area contributed by atoms with Crippen LogP contribution in [-0.2, 0) is 20.8 Å². The Morgan fingerprint density at radius 3 is 2.76 bits per heavy atom. The summed E-state index contributed by atoms with van der Waals surface area (Å²) in [7, 11) is 0. The van der Waals surface area contributed by atoms with Gasteiger partial charge in [-0.2, -0.15) is 5.26 Å². The number of hydrogen-bond donors (Lipinski definition) is 3. The number of aromatic nitrogens is 2. The highest BCUT2D eigenvalue weighted by Gasteiger charge is 2.52. The van der Waals surface area contributed by atoms with Gasteiger partial charge >= 0.3 is 0 Å². The monoisotopic (exact) mass is 512 g/mol. The Labute approximate surface area is 217 Å². The van der Waals surface area contributed by atoms with Crippen LogP contribution in [0.3, 0.4) is 0 Å². The Morgan fingerprint density at radius 2 is 2.05 bits per heavy atom. The standard InChI is InChI=1S/C28H25FN6O3/c1-17(36)33-28(10-11-34(26(28)38)24-5-3-4-18-7-9-21(37)13-22(18)24)35-16-32-15-25(35)27(2,31)20-8-6-19(14-30)23(29)12-20/h3-9,12-13,15-16,37H,10-11,31H2,1-2H3,(H,33,36)/t27-,28-/m0/s1. The molecular formula is C28H25FN6O3. The number of phenolic OH excluding ortho intramolecular Hbond substituents is 1. The summed E-state index contributed by atoms with van der Waals surface area (Å²) >= 11 is 0. The van der Waals surface area contributed by atoms with Gasteiger partial charge in [-0.3, -0.25) is 9.59 Å². The lowest BCUT2D eigenvalue weighted by Gasteiger charge is -2.35. The first-order valence-electron chi connectivity index (χ1n) is 11.9. The highest BCUT2D eigenvalue weighted by atomic mass is 19.1. The highest BCUT2D eigenvalue weighted by Crippen LogP contribution is 2.39. The zero-order valence-corrected chi connectivity index (χ0v) is 20.8. The van der Waals surface area contributed by atoms with Crippen LogP contribution in [0.25, 0.3) is 10.8 Å². The van der Waals surface area contributed by atoms with Crippen molar-refractivity contribution in [1.82, 2.24) is 14.9 Å². The molecule has 3 aromatic carbocycles. The van der Waals surface area contributed by atoms with Gasteiger partial charge in [0.15, 0.2) is 0 Å². The van der Waals surface area contributed by atoms with E-state index < -0.39 is 28.8 Å². The van der Waals surface area contributed by atoms with E-state index in [1.807, 2.05) is 12.1 Å². The molecule has 0 bridgehead atoms. The van der Waals surface area contributed by atoms with Gasteiger partial charge in [0.05, 0.1) is 35.0 Å². The third-order valence-corrected chi connectivity index (χ3v) is 7.08. The summed E-state index contributed by atoms with van der Waals surface area (Å²) in [5.41, 5.74) is 5.03. The molecule has 0 saturated carbocycles. The van der Waals surface area contributed by atoms with Crippen LogP contribution in [0.5, 0.6) is 5.75 Å². The first-order chi connectivity index (χ1) is 18.1. The molecule has 0 spiro atoms. The summed E-state index contributed by atoms with van der Waals surface area (Å²) in [5, 5.41) is 23.5. The SMILES string of the molecule is CC(=O)N[C@]1(n2cncc2[C@@](C)(N)c2ccc(C#N)c(F)c2)CCN(c2cccc3ccc(O)cc23)C1=O. The number of anilines is 1. The highest BCUT2D eigenvalue weighted by molar-refractivity contribution is 6.09. The lowest BCUT2D eigenvalue weighted by Crippen LogP contribution is -2.57. The van der Waals surface area contributed by atoms with Crippen molar-refractivity contribution in [2.24, 2.45) is 5.73 Å². The van der Waals surface area contributed by atoms with Gasteiger partial charge in [-0.1, -0.05) is 24.3 Å². The third-order valence-electron chi connectivity index (χ3n) is 7.08. The molecule has 0 unspecified atom stereocenters. The minimum absolute atomic E-state index is 0.0650. The molecule has 2 heterocycles. The average Bonchev–Trinajstić information content (AvgIpc) is 3.50. The number of amides is 2. The Hall–Kier alpha value is -4.75. The summed E-state index contributed by atoms with van der Waals surface area (Å²) in [6, 6.07) is 16.3. The maximum atomic E-state index is 14.5. The zero-order chi connectivity index (χ0) is 27.2. The number of carbonyl (C=O) groups is 2. The van der Waals surface area contributed by atoms with Crippen LogP contribution in [-0.4, -0.2) is 33.0 Å². The smallest absolute Gasteiger partial charge is 0.274 e. The number of nitriles is 1. The van der Waals surface area contributed by atoms with Crippen LogP contribution < -0.4 is 16.0 Å². The van der Waals surface area contributed by atoms with E-state index in [0.29, 0.717) is 22.3 Å². The molecule has 2 atom stereocenters. The fraction of sp³-hybridized carbons (Fsp3) is 0.214. The second-order valence-electron chi connectivity index (χ2n) is 9.59. The van der Waals surface area contributed by atoms with Crippen LogP contribution in [0.15, 0.2) is 67.1 Å². The fourth-order valence-electron chi connectivity index (χ4n) is 5.17. The van der Waals surface area contributed by atoms with Crippen molar-refractivity contribution in [2.45, 2.75) is 31.5 Å². The van der Waals surface area contributed by atoms with E-state index in [-0.39, 0.29) is 24.3 Å². The molecule has 4 N–H and O–H groups in total. The molecule has 4 aromatic rings. The van der Waals surface area contributed by atoms with E-state index in [1.54, 1.807) is 48.2 Å². The van der Waals surface area contributed by atoms with E-state index in [2.05, 4.69) is 10.3 Å². The maximum Gasteiger partial charge on any atom is 0.274 e. The van der Waals surface area contributed by atoms with Crippen molar-refractivity contribution in [1.29, 1.82) is 5.26 Å². The number of nitrogens with one attached hydrogen (secondary N) is 1. The van der Waals surface area contributed by atoms with Crippen molar-refractivity contribution in [3.8, 4) is 11.8 Å². The number of fused-ring (bicyclic) bond motifs is 1. The molecule has 0 radical (unpaired) electrons. The average molecular weight is 513 g/mol. The van der Waals surface area contributed by atoms with Crippen LogP contribution in [0.4, 0.5) is 10.1 Å². The van der Waals surface area contributed by atoms with E-state index in [1.165, 1.54) is 36.1 Å².